The minimum atomic E-state index is -0.921. The number of carboxylic acid groups (broad SMARTS) is 1. The summed E-state index contributed by atoms with van der Waals surface area (Å²) in [4.78, 5) is 23.0. The summed E-state index contributed by atoms with van der Waals surface area (Å²) in [6.45, 7) is 1.73. The molecule has 0 aliphatic carbocycles. The van der Waals surface area contributed by atoms with Gasteiger partial charge >= 0.3 is 5.97 Å². The van der Waals surface area contributed by atoms with Gasteiger partial charge in [-0.05, 0) is 25.5 Å². The quantitative estimate of drug-likeness (QED) is 0.897. The van der Waals surface area contributed by atoms with Crippen molar-refractivity contribution in [2.24, 2.45) is 0 Å². The molecular weight excluding hydrogens is 276 g/mol. The molecule has 1 aromatic rings. The van der Waals surface area contributed by atoms with Crippen LogP contribution in [0.25, 0.3) is 0 Å². The van der Waals surface area contributed by atoms with Gasteiger partial charge in [-0.3, -0.25) is 9.59 Å². The molecule has 21 heavy (non-hydrogen) atoms. The Balaban J connectivity index is 2.41. The van der Waals surface area contributed by atoms with Crippen molar-refractivity contribution in [2.45, 2.75) is 31.8 Å². The van der Waals surface area contributed by atoms with Gasteiger partial charge in [0.2, 0.25) is 5.75 Å². The fourth-order valence-corrected chi connectivity index (χ4v) is 2.45. The van der Waals surface area contributed by atoms with Crippen molar-refractivity contribution in [1.29, 1.82) is 0 Å². The van der Waals surface area contributed by atoms with E-state index >= 15 is 0 Å². The van der Waals surface area contributed by atoms with Crippen LogP contribution in [0.1, 0.15) is 36.5 Å². The van der Waals surface area contributed by atoms with Gasteiger partial charge < -0.3 is 19.3 Å². The first-order valence-corrected chi connectivity index (χ1v) is 6.59. The molecule has 0 unspecified atom stereocenters. The van der Waals surface area contributed by atoms with Crippen molar-refractivity contribution in [3.8, 4) is 17.2 Å². The monoisotopic (exact) mass is 294 g/mol. The summed E-state index contributed by atoms with van der Waals surface area (Å²) in [6.07, 6.45) is 0.321. The van der Waals surface area contributed by atoms with Gasteiger partial charge in [0, 0.05) is 6.42 Å². The molecular formula is C15H18O6. The van der Waals surface area contributed by atoms with Crippen LogP contribution in [0.5, 0.6) is 17.2 Å². The molecule has 1 aliphatic heterocycles. The number of carbonyl (C=O) groups is 2. The van der Waals surface area contributed by atoms with Gasteiger partial charge in [0.1, 0.15) is 5.60 Å². The zero-order valence-electron chi connectivity index (χ0n) is 12.3. The van der Waals surface area contributed by atoms with Crippen LogP contribution in [0.3, 0.4) is 0 Å². The van der Waals surface area contributed by atoms with Crippen molar-refractivity contribution in [1.82, 2.24) is 0 Å². The minimum Gasteiger partial charge on any atom is -0.493 e. The summed E-state index contributed by atoms with van der Waals surface area (Å²) in [5, 5.41) is 8.82. The summed E-state index contributed by atoms with van der Waals surface area (Å²) < 4.78 is 16.4. The molecule has 0 spiro atoms. The van der Waals surface area contributed by atoms with Gasteiger partial charge in [0.05, 0.1) is 26.2 Å². The molecule has 1 aliphatic rings. The lowest BCUT2D eigenvalue weighted by atomic mass is 9.87. The van der Waals surface area contributed by atoms with Crippen molar-refractivity contribution < 1.29 is 28.9 Å². The number of hydrogen-bond donors (Lipinski definition) is 1. The summed E-state index contributed by atoms with van der Waals surface area (Å²) >= 11 is 0. The molecule has 1 N–H and O–H groups in total. The molecule has 0 aromatic heterocycles. The Bertz CT molecular complexity index is 580. The molecule has 6 nitrogen and oxygen atoms in total. The predicted octanol–water partition coefficient (Wildman–Crippen LogP) is 2.29. The maximum absolute atomic E-state index is 12.3. The first kappa shape index (κ1) is 15.2. The molecule has 114 valence electrons. The van der Waals surface area contributed by atoms with E-state index in [0.717, 1.165) is 0 Å². The number of fused-ring (bicyclic) bond motifs is 1. The van der Waals surface area contributed by atoms with E-state index in [1.165, 1.54) is 14.2 Å². The van der Waals surface area contributed by atoms with E-state index in [4.69, 9.17) is 19.3 Å². The van der Waals surface area contributed by atoms with Crippen molar-refractivity contribution >= 4 is 11.8 Å². The molecule has 0 saturated heterocycles. The Kier molecular flexibility index (Phi) is 4.06. The summed E-state index contributed by atoms with van der Waals surface area (Å²) in [6, 6.07) is 3.29. The third-order valence-corrected chi connectivity index (χ3v) is 3.55. The average Bonchev–Trinajstić information content (AvgIpc) is 2.44. The number of rotatable bonds is 5. The summed E-state index contributed by atoms with van der Waals surface area (Å²) in [5.74, 6) is 0.123. The van der Waals surface area contributed by atoms with Crippen molar-refractivity contribution in [2.75, 3.05) is 14.2 Å². The number of Topliss-reactive ketones (excluding diaryl/α,β-unsaturated/α-hetero) is 1. The van der Waals surface area contributed by atoms with E-state index in [1.54, 1.807) is 19.1 Å². The highest BCUT2D eigenvalue weighted by molar-refractivity contribution is 6.01. The highest BCUT2D eigenvalue weighted by atomic mass is 16.5. The van der Waals surface area contributed by atoms with E-state index in [-0.39, 0.29) is 25.0 Å². The second-order valence-electron chi connectivity index (χ2n) is 5.22. The number of carboxylic acids is 1. The Morgan fingerprint density at radius 2 is 2.10 bits per heavy atom. The number of hydrogen-bond acceptors (Lipinski definition) is 5. The molecule has 0 bridgehead atoms. The Hall–Kier alpha value is -2.24. The molecule has 0 saturated carbocycles. The fraction of sp³-hybridized carbons (Fsp3) is 0.467. The SMILES string of the molecule is COc1ccc2c(c1OC)O[C@@](C)(CCC(=O)O)CC2=O. The van der Waals surface area contributed by atoms with Crippen molar-refractivity contribution in [3.63, 3.8) is 0 Å². The summed E-state index contributed by atoms with van der Waals surface area (Å²) in [7, 11) is 2.97. The maximum Gasteiger partial charge on any atom is 0.303 e. The average molecular weight is 294 g/mol. The Morgan fingerprint density at radius 1 is 1.38 bits per heavy atom. The lowest BCUT2D eigenvalue weighted by Gasteiger charge is -2.35. The maximum atomic E-state index is 12.3. The Morgan fingerprint density at radius 3 is 2.67 bits per heavy atom. The molecule has 0 amide bonds. The topological polar surface area (TPSA) is 82.1 Å². The van der Waals surface area contributed by atoms with Crippen LogP contribution in [0, 0.1) is 0 Å². The van der Waals surface area contributed by atoms with E-state index in [1.807, 2.05) is 0 Å². The van der Waals surface area contributed by atoms with Gasteiger partial charge in [-0.1, -0.05) is 0 Å². The molecule has 1 heterocycles. The molecule has 1 aromatic carbocycles. The second-order valence-corrected chi connectivity index (χ2v) is 5.22. The standard InChI is InChI=1S/C15H18O6/c1-15(7-6-12(17)18)8-10(16)9-4-5-11(19-2)14(20-3)13(9)21-15/h4-5H,6-8H2,1-3H3,(H,17,18)/t15-/m0/s1. The molecule has 0 radical (unpaired) electrons. The van der Waals surface area contributed by atoms with Gasteiger partial charge in [-0.15, -0.1) is 0 Å². The van der Waals surface area contributed by atoms with Crippen LogP contribution < -0.4 is 14.2 Å². The highest BCUT2D eigenvalue weighted by Gasteiger charge is 2.39. The highest BCUT2D eigenvalue weighted by Crippen LogP contribution is 2.46. The third-order valence-electron chi connectivity index (χ3n) is 3.55. The smallest absolute Gasteiger partial charge is 0.303 e. The zero-order valence-corrected chi connectivity index (χ0v) is 12.3. The number of aliphatic carboxylic acids is 1. The van der Waals surface area contributed by atoms with Crippen LogP contribution in [0.2, 0.25) is 0 Å². The van der Waals surface area contributed by atoms with Crippen molar-refractivity contribution in [3.05, 3.63) is 17.7 Å². The summed E-state index contributed by atoms with van der Waals surface area (Å²) in [5.41, 5.74) is -0.428. The first-order chi connectivity index (χ1) is 9.90. The number of ether oxygens (including phenoxy) is 3. The normalized spacial score (nSPS) is 20.4. The van der Waals surface area contributed by atoms with Gasteiger partial charge in [-0.2, -0.15) is 0 Å². The van der Waals surface area contributed by atoms with E-state index < -0.39 is 11.6 Å². The molecule has 0 fully saturated rings. The zero-order chi connectivity index (χ0) is 15.6. The number of benzene rings is 1. The number of methoxy groups -OCH3 is 2. The number of carbonyl (C=O) groups excluding carboxylic acids is 1. The van der Waals surface area contributed by atoms with E-state index in [0.29, 0.717) is 22.8 Å². The number of ketones is 1. The molecule has 1 atom stereocenters. The lowest BCUT2D eigenvalue weighted by Crippen LogP contribution is -2.39. The van der Waals surface area contributed by atoms with Crippen LogP contribution in [0.4, 0.5) is 0 Å². The minimum absolute atomic E-state index is 0.0641. The molecule has 2 rings (SSSR count). The Labute approximate surface area is 122 Å². The predicted molar refractivity (Wildman–Crippen MR) is 74.4 cm³/mol. The lowest BCUT2D eigenvalue weighted by molar-refractivity contribution is -0.138. The van der Waals surface area contributed by atoms with Gasteiger partial charge in [0.15, 0.2) is 17.3 Å². The molecule has 6 heteroatoms. The van der Waals surface area contributed by atoms with Crippen LogP contribution in [0.15, 0.2) is 12.1 Å². The van der Waals surface area contributed by atoms with Crippen LogP contribution in [-0.4, -0.2) is 36.7 Å². The third kappa shape index (κ3) is 2.94. The fourth-order valence-electron chi connectivity index (χ4n) is 2.45. The first-order valence-electron chi connectivity index (χ1n) is 6.59. The second kappa shape index (κ2) is 5.63. The van der Waals surface area contributed by atoms with Crippen LogP contribution in [-0.2, 0) is 4.79 Å². The van der Waals surface area contributed by atoms with E-state index in [9.17, 15) is 9.59 Å². The largest absolute Gasteiger partial charge is 0.493 e. The van der Waals surface area contributed by atoms with Gasteiger partial charge in [-0.25, -0.2) is 0 Å². The van der Waals surface area contributed by atoms with E-state index in [2.05, 4.69) is 0 Å². The van der Waals surface area contributed by atoms with Gasteiger partial charge in [0.25, 0.3) is 0 Å². The van der Waals surface area contributed by atoms with Crippen LogP contribution >= 0.6 is 0 Å².